The summed E-state index contributed by atoms with van der Waals surface area (Å²) in [6, 6.07) is 11.0. The van der Waals surface area contributed by atoms with Crippen molar-refractivity contribution in [1.29, 1.82) is 0 Å². The van der Waals surface area contributed by atoms with Gasteiger partial charge < -0.3 is 15.5 Å². The highest BCUT2D eigenvalue weighted by Crippen LogP contribution is 2.24. The minimum absolute atomic E-state index is 0. The van der Waals surface area contributed by atoms with Gasteiger partial charge in [0.25, 0.3) is 0 Å². The van der Waals surface area contributed by atoms with Crippen molar-refractivity contribution in [3.8, 4) is 0 Å². The Bertz CT molecular complexity index is 612. The minimum atomic E-state index is 0. The van der Waals surface area contributed by atoms with Crippen LogP contribution in [0.5, 0.6) is 0 Å². The predicted molar refractivity (Wildman–Crippen MR) is 125 cm³/mol. The lowest BCUT2D eigenvalue weighted by molar-refractivity contribution is -0.128. The average molecular weight is 499 g/mol. The van der Waals surface area contributed by atoms with Crippen LogP contribution in [0.4, 0.5) is 0 Å². The Kier molecular flexibility index (Phi) is 10.0. The van der Waals surface area contributed by atoms with Crippen molar-refractivity contribution in [3.63, 3.8) is 0 Å². The van der Waals surface area contributed by atoms with Crippen LogP contribution in [-0.4, -0.2) is 67.5 Å². The van der Waals surface area contributed by atoms with E-state index in [2.05, 4.69) is 57.8 Å². The van der Waals surface area contributed by atoms with Crippen molar-refractivity contribution in [2.24, 2.45) is 4.99 Å². The van der Waals surface area contributed by atoms with Crippen LogP contribution >= 0.6 is 24.0 Å². The Morgan fingerprint density at radius 2 is 1.68 bits per heavy atom. The van der Waals surface area contributed by atoms with Gasteiger partial charge in [-0.3, -0.25) is 9.69 Å². The molecule has 2 fully saturated rings. The molecular formula is C21H34IN5O. The molecule has 2 saturated heterocycles. The molecule has 0 saturated carbocycles. The van der Waals surface area contributed by atoms with E-state index in [1.165, 1.54) is 18.4 Å². The van der Waals surface area contributed by atoms with E-state index in [1.54, 1.807) is 0 Å². The van der Waals surface area contributed by atoms with Crippen molar-refractivity contribution in [2.75, 3.05) is 45.8 Å². The molecule has 0 bridgehead atoms. The number of carbonyl (C=O) groups excluding carboxylic acids is 1. The first-order valence-corrected chi connectivity index (χ1v) is 10.4. The summed E-state index contributed by atoms with van der Waals surface area (Å²) in [7, 11) is 0. The number of hydrogen-bond donors (Lipinski definition) is 2. The first-order valence-electron chi connectivity index (χ1n) is 10.4. The Morgan fingerprint density at radius 3 is 2.32 bits per heavy atom. The number of amides is 1. The molecule has 1 amide bonds. The lowest BCUT2D eigenvalue weighted by atomic mass is 10.1. The quantitative estimate of drug-likeness (QED) is 0.344. The topological polar surface area (TPSA) is 60.0 Å². The molecule has 1 atom stereocenters. The minimum Gasteiger partial charge on any atom is -0.357 e. The van der Waals surface area contributed by atoms with Crippen molar-refractivity contribution in [1.82, 2.24) is 20.4 Å². The zero-order valence-electron chi connectivity index (χ0n) is 16.9. The lowest BCUT2D eigenvalue weighted by Crippen LogP contribution is -2.43. The molecule has 28 heavy (non-hydrogen) atoms. The molecule has 1 unspecified atom stereocenters. The van der Waals surface area contributed by atoms with Crippen LogP contribution in [-0.2, 0) is 4.79 Å². The van der Waals surface area contributed by atoms with Crippen LogP contribution in [0.15, 0.2) is 35.3 Å². The molecule has 3 rings (SSSR count). The number of hydrogen-bond acceptors (Lipinski definition) is 3. The standard InChI is InChI=1S/C21H33N5O.HI/c1-2-22-21(24-17-20(27)26-14-8-9-15-26)23-16-19(25-12-6-7-13-25)18-10-4-3-5-11-18;/h3-5,10-11,19H,2,6-9,12-17H2,1H3,(H2,22,23,24);1H. The molecule has 0 aromatic heterocycles. The molecular weight excluding hydrogens is 465 g/mol. The normalized spacial score (nSPS) is 18.6. The SMILES string of the molecule is CCNC(=NCC(=O)N1CCCC1)NCC(c1ccccc1)N1CCCC1.I. The van der Waals surface area contributed by atoms with Gasteiger partial charge >= 0.3 is 0 Å². The first kappa shape index (κ1) is 22.9. The summed E-state index contributed by atoms with van der Waals surface area (Å²) in [6.07, 6.45) is 4.76. The number of aliphatic imine (C=N–C) groups is 1. The molecule has 156 valence electrons. The van der Waals surface area contributed by atoms with Crippen LogP contribution in [0.2, 0.25) is 0 Å². The van der Waals surface area contributed by atoms with Crippen molar-refractivity contribution >= 4 is 35.8 Å². The van der Waals surface area contributed by atoms with Gasteiger partial charge in [-0.2, -0.15) is 0 Å². The fraction of sp³-hybridized carbons (Fsp3) is 0.619. The van der Waals surface area contributed by atoms with E-state index in [9.17, 15) is 4.79 Å². The summed E-state index contributed by atoms with van der Waals surface area (Å²) >= 11 is 0. The number of nitrogens with one attached hydrogen (secondary N) is 2. The van der Waals surface area contributed by atoms with Gasteiger partial charge in [-0.1, -0.05) is 30.3 Å². The van der Waals surface area contributed by atoms with Crippen LogP contribution in [0.25, 0.3) is 0 Å². The highest BCUT2D eigenvalue weighted by atomic mass is 127. The van der Waals surface area contributed by atoms with E-state index < -0.39 is 0 Å². The Hall–Kier alpha value is -1.35. The summed E-state index contributed by atoms with van der Waals surface area (Å²) in [6.45, 7) is 7.87. The first-order chi connectivity index (χ1) is 13.3. The lowest BCUT2D eigenvalue weighted by Gasteiger charge is -2.29. The Labute approximate surface area is 186 Å². The Morgan fingerprint density at radius 1 is 1.04 bits per heavy atom. The zero-order valence-corrected chi connectivity index (χ0v) is 19.2. The fourth-order valence-electron chi connectivity index (χ4n) is 3.93. The molecule has 2 heterocycles. The third-order valence-electron chi connectivity index (χ3n) is 5.40. The van der Waals surface area contributed by atoms with Gasteiger partial charge in [0.05, 0.1) is 6.04 Å². The largest absolute Gasteiger partial charge is 0.357 e. The number of halogens is 1. The maximum Gasteiger partial charge on any atom is 0.244 e. The van der Waals surface area contributed by atoms with Crippen LogP contribution in [0.3, 0.4) is 0 Å². The van der Waals surface area contributed by atoms with Crippen LogP contribution < -0.4 is 10.6 Å². The van der Waals surface area contributed by atoms with E-state index in [0.717, 1.165) is 58.1 Å². The summed E-state index contributed by atoms with van der Waals surface area (Å²) in [4.78, 5) is 21.3. The average Bonchev–Trinajstić information content (AvgIpc) is 3.41. The van der Waals surface area contributed by atoms with Gasteiger partial charge in [0.1, 0.15) is 6.54 Å². The second-order valence-corrected chi connectivity index (χ2v) is 7.33. The number of benzene rings is 1. The zero-order chi connectivity index (χ0) is 18.9. The summed E-state index contributed by atoms with van der Waals surface area (Å²) in [5.41, 5.74) is 1.33. The van der Waals surface area contributed by atoms with E-state index >= 15 is 0 Å². The predicted octanol–water partition coefficient (Wildman–Crippen LogP) is 2.62. The molecule has 0 radical (unpaired) electrons. The maximum atomic E-state index is 12.3. The summed E-state index contributed by atoms with van der Waals surface area (Å²) in [5, 5.41) is 6.74. The highest BCUT2D eigenvalue weighted by molar-refractivity contribution is 14.0. The number of nitrogens with zero attached hydrogens (tertiary/aromatic N) is 3. The van der Waals surface area contributed by atoms with Gasteiger partial charge in [-0.05, 0) is 51.3 Å². The molecule has 6 nitrogen and oxygen atoms in total. The second kappa shape index (κ2) is 12.3. The molecule has 2 N–H and O–H groups in total. The molecule has 7 heteroatoms. The monoisotopic (exact) mass is 499 g/mol. The highest BCUT2D eigenvalue weighted by Gasteiger charge is 2.23. The van der Waals surface area contributed by atoms with E-state index in [0.29, 0.717) is 6.04 Å². The number of likely N-dealkylation sites (tertiary alicyclic amines) is 2. The smallest absolute Gasteiger partial charge is 0.244 e. The molecule has 2 aliphatic rings. The van der Waals surface area contributed by atoms with Gasteiger partial charge in [0, 0.05) is 26.2 Å². The molecule has 1 aromatic rings. The van der Waals surface area contributed by atoms with Crippen LogP contribution in [0.1, 0.15) is 44.2 Å². The summed E-state index contributed by atoms with van der Waals surface area (Å²) in [5.74, 6) is 0.856. The number of carbonyl (C=O) groups is 1. The van der Waals surface area contributed by atoms with Crippen molar-refractivity contribution in [2.45, 2.75) is 38.6 Å². The number of rotatable bonds is 7. The van der Waals surface area contributed by atoms with Crippen molar-refractivity contribution < 1.29 is 4.79 Å². The van der Waals surface area contributed by atoms with Crippen molar-refractivity contribution in [3.05, 3.63) is 35.9 Å². The van der Waals surface area contributed by atoms with Gasteiger partial charge in [0.15, 0.2) is 5.96 Å². The Balaban J connectivity index is 0.00000280. The molecule has 2 aliphatic heterocycles. The third kappa shape index (κ3) is 6.62. The van der Waals surface area contributed by atoms with E-state index in [4.69, 9.17) is 0 Å². The van der Waals surface area contributed by atoms with Gasteiger partial charge in [-0.25, -0.2) is 4.99 Å². The van der Waals surface area contributed by atoms with Gasteiger partial charge in [0.2, 0.25) is 5.91 Å². The van der Waals surface area contributed by atoms with Crippen LogP contribution in [0, 0.1) is 0 Å². The van der Waals surface area contributed by atoms with E-state index in [1.807, 2.05) is 4.90 Å². The number of guanidine groups is 1. The molecule has 0 spiro atoms. The van der Waals surface area contributed by atoms with Gasteiger partial charge in [-0.15, -0.1) is 24.0 Å². The third-order valence-corrected chi connectivity index (χ3v) is 5.40. The second-order valence-electron chi connectivity index (χ2n) is 7.33. The maximum absolute atomic E-state index is 12.3. The molecule has 0 aliphatic carbocycles. The summed E-state index contributed by atoms with van der Waals surface area (Å²) < 4.78 is 0. The van der Waals surface area contributed by atoms with E-state index in [-0.39, 0.29) is 36.4 Å². The molecule has 1 aromatic carbocycles. The fourth-order valence-corrected chi connectivity index (χ4v) is 3.93.